The topological polar surface area (TPSA) is 41.1 Å². The number of nitrogens with zero attached hydrogens (tertiary/aromatic N) is 3. The molecule has 1 aliphatic rings. The van der Waals surface area contributed by atoms with Crippen LogP contribution in [0.25, 0.3) is 11.3 Å². The van der Waals surface area contributed by atoms with Gasteiger partial charge in [0.25, 0.3) is 0 Å². The van der Waals surface area contributed by atoms with Gasteiger partial charge in [-0.1, -0.05) is 18.2 Å². The van der Waals surface area contributed by atoms with Crippen molar-refractivity contribution in [3.05, 3.63) is 65.2 Å². The average Bonchev–Trinajstić information content (AvgIpc) is 3.24. The van der Waals surface area contributed by atoms with E-state index >= 15 is 0 Å². The highest BCUT2D eigenvalue weighted by atomic mass is 32.1. The van der Waals surface area contributed by atoms with Crippen LogP contribution in [0.4, 0.5) is 5.69 Å². The summed E-state index contributed by atoms with van der Waals surface area (Å²) >= 11 is 1.65. The molecule has 1 aromatic carbocycles. The van der Waals surface area contributed by atoms with Crippen LogP contribution in [0.15, 0.2) is 59.7 Å². The summed E-state index contributed by atoms with van der Waals surface area (Å²) in [6.07, 6.45) is 7.19. The molecule has 1 fully saturated rings. The molecule has 3 heterocycles. The molecule has 4 nitrogen and oxygen atoms in total. The van der Waals surface area contributed by atoms with Crippen LogP contribution < -0.4 is 10.2 Å². The molecule has 4 rings (SSSR count). The van der Waals surface area contributed by atoms with Crippen molar-refractivity contribution >= 4 is 17.0 Å². The monoisotopic (exact) mass is 378 g/mol. The Labute approximate surface area is 165 Å². The third-order valence-corrected chi connectivity index (χ3v) is 5.81. The lowest BCUT2D eigenvalue weighted by atomic mass is 10.0. The summed E-state index contributed by atoms with van der Waals surface area (Å²) in [5.74, 6) is 0. The van der Waals surface area contributed by atoms with Gasteiger partial charge in [0.1, 0.15) is 0 Å². The standard InChI is InChI=1S/C22H26N4S/c1-17(12-18-4-3-9-23-14-18)25-20-7-10-26(11-8-20)21-6-2-5-19(13-21)22-15-27-16-24-22/h2-6,9,13-17,20,25H,7-8,10-12H2,1H3/t17-/m1/s1. The number of hydrogen-bond acceptors (Lipinski definition) is 5. The van der Waals surface area contributed by atoms with Crippen molar-refractivity contribution in [2.24, 2.45) is 0 Å². The van der Waals surface area contributed by atoms with Gasteiger partial charge in [0.2, 0.25) is 0 Å². The SMILES string of the molecule is C[C@H](Cc1cccnc1)NC1CCN(c2cccc(-c3cscn3)c2)CC1. The number of anilines is 1. The largest absolute Gasteiger partial charge is 0.371 e. The Kier molecular flexibility index (Phi) is 5.80. The quantitative estimate of drug-likeness (QED) is 0.690. The van der Waals surface area contributed by atoms with E-state index in [0.717, 1.165) is 25.2 Å². The lowest BCUT2D eigenvalue weighted by Crippen LogP contribution is -2.46. The number of piperidine rings is 1. The molecule has 0 spiro atoms. The fraction of sp³-hybridized carbons (Fsp3) is 0.364. The van der Waals surface area contributed by atoms with E-state index in [0.29, 0.717) is 12.1 Å². The second-order valence-corrected chi connectivity index (χ2v) is 8.04. The van der Waals surface area contributed by atoms with Gasteiger partial charge < -0.3 is 10.2 Å². The minimum absolute atomic E-state index is 0.471. The summed E-state index contributed by atoms with van der Waals surface area (Å²) in [6.45, 7) is 4.46. The van der Waals surface area contributed by atoms with Crippen LogP contribution >= 0.6 is 11.3 Å². The van der Waals surface area contributed by atoms with Crippen LogP contribution in [-0.2, 0) is 6.42 Å². The van der Waals surface area contributed by atoms with Gasteiger partial charge in [0, 0.05) is 54.2 Å². The first kappa shape index (κ1) is 18.1. The molecule has 0 unspecified atom stereocenters. The van der Waals surface area contributed by atoms with Gasteiger partial charge in [-0.05, 0) is 49.9 Å². The number of thiazole rings is 1. The zero-order chi connectivity index (χ0) is 18.5. The molecular weight excluding hydrogens is 352 g/mol. The van der Waals surface area contributed by atoms with E-state index < -0.39 is 0 Å². The normalized spacial score (nSPS) is 16.4. The second kappa shape index (κ2) is 8.63. The van der Waals surface area contributed by atoms with Crippen LogP contribution in [0.5, 0.6) is 0 Å². The Bertz CT molecular complexity index is 827. The summed E-state index contributed by atoms with van der Waals surface area (Å²) < 4.78 is 0. The molecule has 1 saturated heterocycles. The molecule has 1 atom stereocenters. The van der Waals surface area contributed by atoms with Gasteiger partial charge in [0.15, 0.2) is 0 Å². The summed E-state index contributed by atoms with van der Waals surface area (Å²) in [6, 6.07) is 14.0. The van der Waals surface area contributed by atoms with E-state index in [2.05, 4.69) is 62.8 Å². The summed E-state index contributed by atoms with van der Waals surface area (Å²) in [4.78, 5) is 11.2. The van der Waals surface area contributed by atoms with Crippen molar-refractivity contribution in [1.29, 1.82) is 0 Å². The number of benzene rings is 1. The predicted molar refractivity (Wildman–Crippen MR) is 113 cm³/mol. The molecule has 1 aliphatic heterocycles. The predicted octanol–water partition coefficient (Wildman–Crippen LogP) is 4.39. The van der Waals surface area contributed by atoms with E-state index in [-0.39, 0.29) is 0 Å². The maximum atomic E-state index is 4.44. The van der Waals surface area contributed by atoms with Crippen molar-refractivity contribution in [3.63, 3.8) is 0 Å². The fourth-order valence-corrected chi connectivity index (χ4v) is 4.42. The van der Waals surface area contributed by atoms with Gasteiger partial charge in [-0.3, -0.25) is 4.98 Å². The number of hydrogen-bond donors (Lipinski definition) is 1. The summed E-state index contributed by atoms with van der Waals surface area (Å²) in [5, 5.41) is 5.92. The Morgan fingerprint density at radius 1 is 1.22 bits per heavy atom. The van der Waals surface area contributed by atoms with Crippen LogP contribution in [0, 0.1) is 0 Å². The van der Waals surface area contributed by atoms with Gasteiger partial charge in [-0.15, -0.1) is 11.3 Å². The molecule has 0 bridgehead atoms. The lowest BCUT2D eigenvalue weighted by Gasteiger charge is -2.35. The highest BCUT2D eigenvalue weighted by Gasteiger charge is 2.21. The first-order valence-corrected chi connectivity index (χ1v) is 10.6. The maximum absolute atomic E-state index is 4.44. The third kappa shape index (κ3) is 4.73. The molecule has 5 heteroatoms. The van der Waals surface area contributed by atoms with Crippen molar-refractivity contribution in [2.75, 3.05) is 18.0 Å². The van der Waals surface area contributed by atoms with Crippen LogP contribution in [0.3, 0.4) is 0 Å². The zero-order valence-corrected chi connectivity index (χ0v) is 16.5. The Morgan fingerprint density at radius 2 is 2.11 bits per heavy atom. The Morgan fingerprint density at radius 3 is 2.85 bits per heavy atom. The molecular formula is C22H26N4S. The Balaban J connectivity index is 1.31. The smallest absolute Gasteiger partial charge is 0.0811 e. The summed E-state index contributed by atoms with van der Waals surface area (Å²) in [7, 11) is 0. The van der Waals surface area contributed by atoms with Gasteiger partial charge in [0.05, 0.1) is 11.2 Å². The third-order valence-electron chi connectivity index (χ3n) is 5.22. The lowest BCUT2D eigenvalue weighted by molar-refractivity contribution is 0.375. The number of rotatable bonds is 6. The van der Waals surface area contributed by atoms with E-state index in [9.17, 15) is 0 Å². The molecule has 0 amide bonds. The first-order chi connectivity index (χ1) is 13.3. The van der Waals surface area contributed by atoms with Gasteiger partial charge in [-0.2, -0.15) is 0 Å². The molecule has 140 valence electrons. The molecule has 3 aromatic rings. The maximum Gasteiger partial charge on any atom is 0.0811 e. The van der Waals surface area contributed by atoms with Crippen LogP contribution in [0.2, 0.25) is 0 Å². The highest BCUT2D eigenvalue weighted by Crippen LogP contribution is 2.26. The van der Waals surface area contributed by atoms with Crippen molar-refractivity contribution in [2.45, 2.75) is 38.3 Å². The van der Waals surface area contributed by atoms with Crippen molar-refractivity contribution in [1.82, 2.24) is 15.3 Å². The molecule has 2 aromatic heterocycles. The second-order valence-electron chi connectivity index (χ2n) is 7.32. The average molecular weight is 379 g/mol. The minimum atomic E-state index is 0.471. The fourth-order valence-electron chi connectivity index (χ4n) is 3.86. The van der Waals surface area contributed by atoms with Gasteiger partial charge in [-0.25, -0.2) is 4.98 Å². The van der Waals surface area contributed by atoms with E-state index in [4.69, 9.17) is 0 Å². The van der Waals surface area contributed by atoms with E-state index in [1.807, 2.05) is 24.0 Å². The number of nitrogens with one attached hydrogen (secondary N) is 1. The summed E-state index contributed by atoms with van der Waals surface area (Å²) in [5.41, 5.74) is 6.78. The number of pyridine rings is 1. The minimum Gasteiger partial charge on any atom is -0.371 e. The molecule has 0 saturated carbocycles. The van der Waals surface area contributed by atoms with Crippen molar-refractivity contribution in [3.8, 4) is 11.3 Å². The number of aromatic nitrogens is 2. The van der Waals surface area contributed by atoms with Crippen LogP contribution in [-0.4, -0.2) is 35.1 Å². The van der Waals surface area contributed by atoms with E-state index in [1.165, 1.54) is 29.7 Å². The first-order valence-electron chi connectivity index (χ1n) is 9.66. The Hall–Kier alpha value is -2.24. The van der Waals surface area contributed by atoms with Gasteiger partial charge >= 0.3 is 0 Å². The van der Waals surface area contributed by atoms with Crippen molar-refractivity contribution < 1.29 is 0 Å². The molecule has 0 aliphatic carbocycles. The van der Waals surface area contributed by atoms with Crippen LogP contribution in [0.1, 0.15) is 25.3 Å². The molecule has 0 radical (unpaired) electrons. The van der Waals surface area contributed by atoms with E-state index in [1.54, 1.807) is 11.3 Å². The zero-order valence-electron chi connectivity index (χ0n) is 15.7. The molecule has 27 heavy (non-hydrogen) atoms. The molecule has 1 N–H and O–H groups in total. The highest BCUT2D eigenvalue weighted by molar-refractivity contribution is 7.07.